The number of hydrogen-bond acceptors (Lipinski definition) is 6. The van der Waals surface area contributed by atoms with Gasteiger partial charge in [-0.1, -0.05) is 25.1 Å². The highest BCUT2D eigenvalue weighted by atomic mass is 16.7. The van der Waals surface area contributed by atoms with Crippen molar-refractivity contribution in [2.45, 2.75) is 77.5 Å². The molecule has 0 amide bonds. The van der Waals surface area contributed by atoms with Crippen molar-refractivity contribution in [1.82, 2.24) is 0 Å². The smallest absolute Gasteiger partial charge is 0.338 e. The summed E-state index contributed by atoms with van der Waals surface area (Å²) in [6.45, 7) is 9.38. The van der Waals surface area contributed by atoms with Crippen LogP contribution in [0.15, 0.2) is 30.3 Å². The normalized spacial score (nSPS) is 25.7. The van der Waals surface area contributed by atoms with Crippen molar-refractivity contribution in [3.8, 4) is 0 Å². The van der Waals surface area contributed by atoms with Crippen LogP contribution in [0.3, 0.4) is 0 Å². The number of hydrogen-bond donors (Lipinski definition) is 0. The van der Waals surface area contributed by atoms with Gasteiger partial charge in [-0.05, 0) is 46.2 Å². The van der Waals surface area contributed by atoms with E-state index in [4.69, 9.17) is 18.9 Å². The molecule has 1 aliphatic heterocycles. The summed E-state index contributed by atoms with van der Waals surface area (Å²) in [7, 11) is 0. The Morgan fingerprint density at radius 1 is 1.15 bits per heavy atom. The quantitative estimate of drug-likeness (QED) is 0.700. The maximum Gasteiger partial charge on any atom is 0.338 e. The lowest BCUT2D eigenvalue weighted by molar-refractivity contribution is -0.314. The van der Waals surface area contributed by atoms with Crippen LogP contribution in [0.1, 0.15) is 64.2 Å². The molecule has 150 valence electrons. The topological polar surface area (TPSA) is 71.1 Å². The third kappa shape index (κ3) is 6.96. The van der Waals surface area contributed by atoms with E-state index in [0.717, 1.165) is 0 Å². The molecule has 3 atom stereocenters. The third-order valence-electron chi connectivity index (χ3n) is 4.22. The van der Waals surface area contributed by atoms with E-state index in [0.29, 0.717) is 18.4 Å². The summed E-state index contributed by atoms with van der Waals surface area (Å²) in [5, 5.41) is 0. The van der Waals surface area contributed by atoms with Crippen LogP contribution in [0.2, 0.25) is 0 Å². The zero-order chi connectivity index (χ0) is 20.1. The second-order valence-corrected chi connectivity index (χ2v) is 7.96. The van der Waals surface area contributed by atoms with E-state index < -0.39 is 17.4 Å². The van der Waals surface area contributed by atoms with Crippen LogP contribution in [0, 0.1) is 0 Å². The molecular weight excluding hydrogens is 348 g/mol. The number of ether oxygens (including phenoxy) is 4. The van der Waals surface area contributed by atoms with Gasteiger partial charge in [0, 0.05) is 6.42 Å². The number of benzene rings is 1. The van der Waals surface area contributed by atoms with Crippen LogP contribution in [0.4, 0.5) is 0 Å². The SMILES string of the molecule is CCC1(C)O[C@H](COC(=O)c2ccccc2)C[C@H](CC(=O)OC(C)(C)C)O1. The standard InChI is InChI=1S/C21H30O6/c1-6-21(5)25-16(13-18(22)27-20(2,3)4)12-17(26-21)14-24-19(23)15-10-8-7-9-11-15/h7-11,16-17H,6,12-14H2,1-5H3/t16-,17+,21?/m1/s1. The molecule has 0 radical (unpaired) electrons. The minimum atomic E-state index is -0.825. The van der Waals surface area contributed by atoms with Gasteiger partial charge in [-0.2, -0.15) is 0 Å². The first-order chi connectivity index (χ1) is 12.6. The summed E-state index contributed by atoms with van der Waals surface area (Å²) in [5.74, 6) is -1.53. The van der Waals surface area contributed by atoms with Gasteiger partial charge >= 0.3 is 11.9 Å². The molecule has 1 aliphatic rings. The maximum atomic E-state index is 12.2. The lowest BCUT2D eigenvalue weighted by atomic mass is 10.0. The van der Waals surface area contributed by atoms with E-state index in [1.165, 1.54) is 0 Å². The molecule has 0 aromatic heterocycles. The Kier molecular flexibility index (Phi) is 7.00. The number of rotatable bonds is 6. The van der Waals surface area contributed by atoms with Crippen molar-refractivity contribution in [2.24, 2.45) is 0 Å². The van der Waals surface area contributed by atoms with Crippen molar-refractivity contribution in [2.75, 3.05) is 6.61 Å². The highest BCUT2D eigenvalue weighted by molar-refractivity contribution is 5.89. The highest BCUT2D eigenvalue weighted by Crippen LogP contribution is 2.31. The molecule has 1 aromatic carbocycles. The van der Waals surface area contributed by atoms with Crippen molar-refractivity contribution < 1.29 is 28.5 Å². The van der Waals surface area contributed by atoms with Gasteiger partial charge in [0.05, 0.1) is 24.2 Å². The number of carbonyl (C=O) groups excluding carboxylic acids is 2. The van der Waals surface area contributed by atoms with Gasteiger partial charge in [-0.15, -0.1) is 0 Å². The minimum absolute atomic E-state index is 0.109. The highest BCUT2D eigenvalue weighted by Gasteiger charge is 2.39. The largest absolute Gasteiger partial charge is 0.460 e. The Bertz CT molecular complexity index is 636. The molecule has 1 heterocycles. The van der Waals surface area contributed by atoms with Crippen LogP contribution >= 0.6 is 0 Å². The zero-order valence-electron chi connectivity index (χ0n) is 16.8. The minimum Gasteiger partial charge on any atom is -0.460 e. The van der Waals surface area contributed by atoms with Gasteiger partial charge in [-0.3, -0.25) is 4.79 Å². The molecule has 0 spiro atoms. The summed E-state index contributed by atoms with van der Waals surface area (Å²) >= 11 is 0. The van der Waals surface area contributed by atoms with E-state index in [1.807, 2.05) is 40.7 Å². The Labute approximate surface area is 161 Å². The Hall–Kier alpha value is -1.92. The molecule has 1 saturated heterocycles. The maximum absolute atomic E-state index is 12.2. The average molecular weight is 378 g/mol. The Morgan fingerprint density at radius 3 is 2.37 bits per heavy atom. The first-order valence-corrected chi connectivity index (χ1v) is 9.40. The molecule has 1 unspecified atom stereocenters. The molecule has 0 bridgehead atoms. The summed E-state index contributed by atoms with van der Waals surface area (Å²) in [5.41, 5.74) is -0.0471. The third-order valence-corrected chi connectivity index (χ3v) is 4.22. The van der Waals surface area contributed by atoms with Crippen molar-refractivity contribution in [3.05, 3.63) is 35.9 Å². The molecule has 6 heteroatoms. The fourth-order valence-electron chi connectivity index (χ4n) is 2.91. The van der Waals surface area contributed by atoms with Crippen molar-refractivity contribution in [1.29, 1.82) is 0 Å². The van der Waals surface area contributed by atoms with Crippen LogP contribution in [-0.2, 0) is 23.7 Å². The lowest BCUT2D eigenvalue weighted by Crippen LogP contribution is -2.48. The zero-order valence-corrected chi connectivity index (χ0v) is 16.8. The fraction of sp³-hybridized carbons (Fsp3) is 0.619. The second kappa shape index (κ2) is 8.85. The number of esters is 2. The van der Waals surface area contributed by atoms with Crippen LogP contribution in [-0.4, -0.2) is 42.1 Å². The predicted molar refractivity (Wildman–Crippen MR) is 100 cm³/mol. The van der Waals surface area contributed by atoms with Crippen molar-refractivity contribution in [3.63, 3.8) is 0 Å². The Balaban J connectivity index is 1.95. The van der Waals surface area contributed by atoms with E-state index in [9.17, 15) is 9.59 Å². The molecular formula is C21H30O6. The molecule has 1 fully saturated rings. The molecule has 0 N–H and O–H groups in total. The van der Waals surface area contributed by atoms with Gasteiger partial charge in [0.2, 0.25) is 0 Å². The number of carbonyl (C=O) groups is 2. The van der Waals surface area contributed by atoms with E-state index in [-0.39, 0.29) is 31.2 Å². The molecule has 27 heavy (non-hydrogen) atoms. The van der Waals surface area contributed by atoms with Gasteiger partial charge in [0.25, 0.3) is 0 Å². The molecule has 2 rings (SSSR count). The van der Waals surface area contributed by atoms with Gasteiger partial charge in [0.1, 0.15) is 12.2 Å². The molecule has 1 aromatic rings. The predicted octanol–water partition coefficient (Wildman–Crippen LogP) is 3.88. The van der Waals surface area contributed by atoms with E-state index in [2.05, 4.69) is 0 Å². The summed E-state index contributed by atoms with van der Waals surface area (Å²) in [4.78, 5) is 24.3. The van der Waals surface area contributed by atoms with Gasteiger partial charge < -0.3 is 18.9 Å². The summed E-state index contributed by atoms with van der Waals surface area (Å²) in [6, 6.07) is 8.81. The summed E-state index contributed by atoms with van der Waals surface area (Å²) < 4.78 is 22.7. The van der Waals surface area contributed by atoms with Gasteiger partial charge in [0.15, 0.2) is 5.79 Å². The lowest BCUT2D eigenvalue weighted by Gasteiger charge is -2.42. The van der Waals surface area contributed by atoms with Crippen LogP contribution < -0.4 is 0 Å². The average Bonchev–Trinajstić information content (AvgIpc) is 2.58. The monoisotopic (exact) mass is 378 g/mol. The van der Waals surface area contributed by atoms with Crippen molar-refractivity contribution >= 4 is 11.9 Å². The van der Waals surface area contributed by atoms with Gasteiger partial charge in [-0.25, -0.2) is 4.79 Å². The fourth-order valence-corrected chi connectivity index (χ4v) is 2.91. The first-order valence-electron chi connectivity index (χ1n) is 9.40. The van der Waals surface area contributed by atoms with E-state index in [1.54, 1.807) is 24.3 Å². The van der Waals surface area contributed by atoms with Crippen LogP contribution in [0.5, 0.6) is 0 Å². The molecule has 6 nitrogen and oxygen atoms in total. The second-order valence-electron chi connectivity index (χ2n) is 7.96. The van der Waals surface area contributed by atoms with E-state index >= 15 is 0 Å². The Morgan fingerprint density at radius 2 is 1.78 bits per heavy atom. The molecule has 0 saturated carbocycles. The first kappa shape index (κ1) is 21.4. The summed E-state index contributed by atoms with van der Waals surface area (Å²) in [6.07, 6.45) is 0.514. The molecule has 0 aliphatic carbocycles. The van der Waals surface area contributed by atoms with Crippen LogP contribution in [0.25, 0.3) is 0 Å².